The summed E-state index contributed by atoms with van der Waals surface area (Å²) in [5, 5.41) is 0.665. The zero-order chi connectivity index (χ0) is 19.9. The van der Waals surface area contributed by atoms with Crippen LogP contribution in [-0.4, -0.2) is 36.2 Å². The second-order valence-electron chi connectivity index (χ2n) is 5.81. The Morgan fingerprint density at radius 1 is 1.14 bits per heavy atom. The third-order valence-electron chi connectivity index (χ3n) is 4.00. The highest BCUT2D eigenvalue weighted by Crippen LogP contribution is 2.34. The van der Waals surface area contributed by atoms with E-state index in [1.54, 1.807) is 12.0 Å². The number of terminal acetylenes is 1. The molecular formula is C22H20N2O3S. The minimum absolute atomic E-state index is 0.0487. The molecule has 0 spiro atoms. The number of rotatable bonds is 6. The molecule has 0 aromatic heterocycles. The number of nitrogens with zero attached hydrogens (tertiary/aromatic N) is 2. The van der Waals surface area contributed by atoms with Crippen molar-refractivity contribution in [3.63, 3.8) is 0 Å². The lowest BCUT2D eigenvalue weighted by Crippen LogP contribution is -2.28. The molecule has 0 aliphatic carbocycles. The van der Waals surface area contributed by atoms with Crippen LogP contribution in [0.25, 0.3) is 6.08 Å². The quantitative estimate of drug-likeness (QED) is 0.542. The van der Waals surface area contributed by atoms with Crippen molar-refractivity contribution >= 4 is 34.6 Å². The van der Waals surface area contributed by atoms with Gasteiger partial charge in [0.1, 0.15) is 18.1 Å². The van der Waals surface area contributed by atoms with Gasteiger partial charge in [-0.3, -0.25) is 9.69 Å². The van der Waals surface area contributed by atoms with Gasteiger partial charge in [-0.1, -0.05) is 18.1 Å². The minimum atomic E-state index is -0.0487. The van der Waals surface area contributed by atoms with E-state index in [4.69, 9.17) is 15.9 Å². The molecule has 0 bridgehead atoms. The molecule has 1 heterocycles. The zero-order valence-electron chi connectivity index (χ0n) is 15.7. The molecule has 0 atom stereocenters. The van der Waals surface area contributed by atoms with Crippen LogP contribution >= 0.6 is 11.8 Å². The number of carbonyl (C=O) groups is 1. The van der Waals surface area contributed by atoms with Crippen molar-refractivity contribution in [2.75, 3.05) is 20.3 Å². The molecule has 5 nitrogen and oxygen atoms in total. The van der Waals surface area contributed by atoms with E-state index in [1.807, 2.05) is 61.5 Å². The largest absolute Gasteiger partial charge is 0.497 e. The molecule has 1 aliphatic rings. The Kier molecular flexibility index (Phi) is 6.41. The lowest BCUT2D eigenvalue weighted by molar-refractivity contribution is -0.122. The highest BCUT2D eigenvalue weighted by atomic mass is 32.2. The topological polar surface area (TPSA) is 51.1 Å². The van der Waals surface area contributed by atoms with Crippen LogP contribution in [-0.2, 0) is 4.79 Å². The zero-order valence-corrected chi connectivity index (χ0v) is 16.5. The van der Waals surface area contributed by atoms with Crippen LogP contribution in [0.15, 0.2) is 58.4 Å². The van der Waals surface area contributed by atoms with E-state index in [0.717, 1.165) is 17.0 Å². The Bertz CT molecular complexity index is 941. The van der Waals surface area contributed by atoms with Gasteiger partial charge < -0.3 is 9.47 Å². The van der Waals surface area contributed by atoms with Gasteiger partial charge >= 0.3 is 0 Å². The van der Waals surface area contributed by atoms with Crippen molar-refractivity contribution in [1.82, 2.24) is 4.90 Å². The molecule has 0 N–H and O–H groups in total. The average molecular weight is 392 g/mol. The monoisotopic (exact) mass is 392 g/mol. The first kappa shape index (κ1) is 19.6. The third-order valence-corrected chi connectivity index (χ3v) is 5.01. The summed E-state index contributed by atoms with van der Waals surface area (Å²) < 4.78 is 10.5. The minimum Gasteiger partial charge on any atom is -0.497 e. The van der Waals surface area contributed by atoms with E-state index >= 15 is 0 Å². The van der Waals surface area contributed by atoms with Gasteiger partial charge in [0.25, 0.3) is 5.91 Å². The van der Waals surface area contributed by atoms with E-state index in [0.29, 0.717) is 22.4 Å². The van der Waals surface area contributed by atoms with E-state index in [2.05, 4.69) is 10.9 Å². The Morgan fingerprint density at radius 2 is 1.82 bits per heavy atom. The first-order valence-corrected chi connectivity index (χ1v) is 9.56. The summed E-state index contributed by atoms with van der Waals surface area (Å²) in [5.41, 5.74) is 1.68. The number of amides is 1. The lowest BCUT2D eigenvalue weighted by atomic mass is 10.2. The summed E-state index contributed by atoms with van der Waals surface area (Å²) in [7, 11) is 1.62. The summed E-state index contributed by atoms with van der Waals surface area (Å²) in [6.07, 6.45) is 7.05. The number of hydrogen-bond acceptors (Lipinski definition) is 5. The molecule has 1 fully saturated rings. The first-order valence-electron chi connectivity index (χ1n) is 8.75. The van der Waals surface area contributed by atoms with Crippen LogP contribution in [0.3, 0.4) is 0 Å². The van der Waals surface area contributed by atoms with Crippen molar-refractivity contribution in [2.45, 2.75) is 6.92 Å². The van der Waals surface area contributed by atoms with Crippen LogP contribution in [0.5, 0.6) is 11.5 Å². The predicted molar refractivity (Wildman–Crippen MR) is 114 cm³/mol. The normalized spacial score (nSPS) is 16.5. The van der Waals surface area contributed by atoms with E-state index < -0.39 is 0 Å². The number of ether oxygens (including phenoxy) is 2. The SMILES string of the molecule is C#CCOc1ccc(/C=C2\SC(=Nc3ccc(OC)cc3)N(CC)C2=O)cc1. The number of likely N-dealkylation sites (N-methyl/N-ethyl adjacent to an activating group) is 1. The maximum Gasteiger partial charge on any atom is 0.266 e. The highest BCUT2D eigenvalue weighted by Gasteiger charge is 2.32. The lowest BCUT2D eigenvalue weighted by Gasteiger charge is -2.12. The fraction of sp³-hybridized carbons (Fsp3) is 0.182. The summed E-state index contributed by atoms with van der Waals surface area (Å²) in [6, 6.07) is 14.9. The summed E-state index contributed by atoms with van der Waals surface area (Å²) >= 11 is 1.37. The van der Waals surface area contributed by atoms with Crippen LogP contribution in [0.4, 0.5) is 5.69 Å². The van der Waals surface area contributed by atoms with Crippen molar-refractivity contribution in [3.8, 4) is 23.8 Å². The number of thioether (sulfide) groups is 1. The number of amidine groups is 1. The van der Waals surface area contributed by atoms with Crippen LogP contribution < -0.4 is 9.47 Å². The molecule has 28 heavy (non-hydrogen) atoms. The Hall–Kier alpha value is -3.17. The molecule has 1 saturated heterocycles. The number of benzene rings is 2. The maximum atomic E-state index is 12.7. The summed E-state index contributed by atoms with van der Waals surface area (Å²) in [4.78, 5) is 19.7. The second-order valence-corrected chi connectivity index (χ2v) is 6.82. The molecule has 1 aliphatic heterocycles. The molecule has 1 amide bonds. The highest BCUT2D eigenvalue weighted by molar-refractivity contribution is 8.18. The number of aliphatic imine (C=N–C) groups is 1. The molecule has 0 unspecified atom stereocenters. The van der Waals surface area contributed by atoms with Gasteiger partial charge in [-0.15, -0.1) is 6.42 Å². The third kappa shape index (κ3) is 4.56. The van der Waals surface area contributed by atoms with Crippen molar-refractivity contribution in [3.05, 3.63) is 59.0 Å². The fourth-order valence-corrected chi connectivity index (χ4v) is 3.64. The molecule has 3 rings (SSSR count). The number of methoxy groups -OCH3 is 1. The smallest absolute Gasteiger partial charge is 0.266 e. The van der Waals surface area contributed by atoms with Gasteiger partial charge in [0.05, 0.1) is 17.7 Å². The predicted octanol–water partition coefficient (Wildman–Crippen LogP) is 4.33. The number of carbonyl (C=O) groups excluding carboxylic acids is 1. The standard InChI is InChI=1S/C22H20N2O3S/c1-4-14-27-19-10-6-16(7-11-19)15-20-21(25)24(5-2)22(28-20)23-17-8-12-18(26-3)13-9-17/h1,6-13,15H,5,14H2,2-3H3/b20-15-,23-22?. The van der Waals surface area contributed by atoms with E-state index in [9.17, 15) is 4.79 Å². The van der Waals surface area contributed by atoms with Crippen molar-refractivity contribution in [1.29, 1.82) is 0 Å². The molecule has 0 saturated carbocycles. The molecule has 0 radical (unpaired) electrons. The molecule has 2 aromatic rings. The number of hydrogen-bond donors (Lipinski definition) is 0. The van der Waals surface area contributed by atoms with Gasteiger partial charge in [-0.2, -0.15) is 0 Å². The van der Waals surface area contributed by atoms with Gasteiger partial charge in [0, 0.05) is 6.54 Å². The molecule has 142 valence electrons. The van der Waals surface area contributed by atoms with Gasteiger partial charge in [-0.05, 0) is 66.7 Å². The summed E-state index contributed by atoms with van der Waals surface area (Å²) in [6.45, 7) is 2.71. The van der Waals surface area contributed by atoms with Crippen LogP contribution in [0, 0.1) is 12.3 Å². The fourth-order valence-electron chi connectivity index (χ4n) is 2.57. The summed E-state index contributed by atoms with van der Waals surface area (Å²) in [5.74, 6) is 3.84. The Labute approximate surface area is 169 Å². The van der Waals surface area contributed by atoms with Crippen molar-refractivity contribution < 1.29 is 14.3 Å². The Balaban J connectivity index is 1.81. The maximum absolute atomic E-state index is 12.7. The Morgan fingerprint density at radius 3 is 2.43 bits per heavy atom. The van der Waals surface area contributed by atoms with Gasteiger partial charge in [-0.25, -0.2) is 4.99 Å². The molecule has 6 heteroatoms. The van der Waals surface area contributed by atoms with Crippen LogP contribution in [0.2, 0.25) is 0 Å². The van der Waals surface area contributed by atoms with E-state index in [1.165, 1.54) is 11.8 Å². The van der Waals surface area contributed by atoms with E-state index in [-0.39, 0.29) is 12.5 Å². The second kappa shape index (κ2) is 9.16. The first-order chi connectivity index (χ1) is 13.6. The van der Waals surface area contributed by atoms with Crippen LogP contribution in [0.1, 0.15) is 12.5 Å². The van der Waals surface area contributed by atoms with Gasteiger partial charge in [0.2, 0.25) is 0 Å². The average Bonchev–Trinajstić information content (AvgIpc) is 3.02. The molecular weight excluding hydrogens is 372 g/mol. The molecule has 2 aromatic carbocycles. The van der Waals surface area contributed by atoms with Gasteiger partial charge in [0.15, 0.2) is 5.17 Å². The van der Waals surface area contributed by atoms with Crippen molar-refractivity contribution in [2.24, 2.45) is 4.99 Å².